The van der Waals surface area contributed by atoms with E-state index >= 15 is 0 Å². The van der Waals surface area contributed by atoms with Gasteiger partial charge in [0.1, 0.15) is 11.7 Å². The molecule has 1 amide bonds. The number of allylic oxidation sites excluding steroid dienone is 1. The van der Waals surface area contributed by atoms with Gasteiger partial charge in [0.25, 0.3) is 0 Å². The zero-order valence-electron chi connectivity index (χ0n) is 12.7. The Labute approximate surface area is 142 Å². The number of piperidine rings is 1. The summed E-state index contributed by atoms with van der Waals surface area (Å²) in [5.74, 6) is -0.877. The van der Waals surface area contributed by atoms with Crippen molar-refractivity contribution >= 4 is 11.7 Å². The molecule has 1 atom stereocenters. The lowest BCUT2D eigenvalue weighted by Crippen LogP contribution is -2.41. The molecule has 0 spiro atoms. The number of nitrogens with one attached hydrogen (secondary N) is 2. The van der Waals surface area contributed by atoms with Gasteiger partial charge in [-0.05, 0) is 24.1 Å². The normalized spacial score (nSPS) is 16.3. The summed E-state index contributed by atoms with van der Waals surface area (Å²) in [6.07, 6.45) is 4.31. The highest BCUT2D eigenvalue weighted by molar-refractivity contribution is 6.05. The van der Waals surface area contributed by atoms with Gasteiger partial charge in [-0.25, -0.2) is 4.98 Å². The Bertz CT molecular complexity index is 635. The zero-order valence-corrected chi connectivity index (χ0v) is 12.7. The molecule has 126 valence electrons. The Hall–Kier alpha value is -2.95. The minimum absolute atomic E-state index is 0. The number of hydrogen-bond acceptors (Lipinski definition) is 3. The molecule has 5 heteroatoms. The highest BCUT2D eigenvalue weighted by Crippen LogP contribution is 2.19. The molecule has 3 N–H and O–H groups in total. The monoisotopic (exact) mass is 327 g/mol. The predicted octanol–water partition coefficient (Wildman–Crippen LogP) is 2.29. The Morgan fingerprint density at radius 3 is 2.21 bits per heavy atom. The van der Waals surface area contributed by atoms with Gasteiger partial charge < -0.3 is 10.4 Å². The van der Waals surface area contributed by atoms with Gasteiger partial charge in [0.05, 0.1) is 0 Å². The number of aromatic amines is 1. The largest absolute Gasteiger partial charge is 0.508 e. The van der Waals surface area contributed by atoms with Crippen LogP contribution in [0.15, 0.2) is 67.1 Å². The second kappa shape index (κ2) is 9.25. The molecular weight excluding hydrogens is 304 g/mol. The summed E-state index contributed by atoms with van der Waals surface area (Å²) in [6.45, 7) is 3.58. The first-order valence-corrected chi connectivity index (χ1v) is 7.26. The van der Waals surface area contributed by atoms with Gasteiger partial charge in [0.15, 0.2) is 18.2 Å². The van der Waals surface area contributed by atoms with E-state index in [2.05, 4.69) is 16.9 Å². The van der Waals surface area contributed by atoms with Crippen LogP contribution in [0, 0.1) is 5.92 Å². The van der Waals surface area contributed by atoms with Crippen LogP contribution >= 0.6 is 0 Å². The van der Waals surface area contributed by atoms with Gasteiger partial charge >= 0.3 is 0 Å². The number of ketones is 1. The fraction of sp³-hybridized carbons (Fsp3) is 0.211. The number of pyridine rings is 1. The van der Waals surface area contributed by atoms with E-state index in [-0.39, 0.29) is 31.3 Å². The van der Waals surface area contributed by atoms with Gasteiger partial charge in [-0.2, -0.15) is 0 Å². The maximum Gasteiger partial charge on any atom is 0.235 e. The first kappa shape index (κ1) is 19.1. The number of aromatic nitrogens is 1. The van der Waals surface area contributed by atoms with Gasteiger partial charge in [-0.1, -0.05) is 32.2 Å². The van der Waals surface area contributed by atoms with Crippen molar-refractivity contribution in [2.45, 2.75) is 20.3 Å². The molecule has 0 bridgehead atoms. The minimum Gasteiger partial charge on any atom is -0.508 e. The SMILES string of the molecule is C.C=C1CC(=O)C(Cc2ccc(O)cc2)C(=O)N1.c1cc[nH+]cc1. The lowest BCUT2D eigenvalue weighted by molar-refractivity contribution is -0.377. The number of hydrogen-bond donors (Lipinski definition) is 2. The number of carbonyl (C=O) groups is 2. The highest BCUT2D eigenvalue weighted by atomic mass is 16.3. The molecule has 5 nitrogen and oxygen atoms in total. The first-order valence-electron chi connectivity index (χ1n) is 7.26. The van der Waals surface area contributed by atoms with Crippen LogP contribution in [0.1, 0.15) is 19.4 Å². The van der Waals surface area contributed by atoms with E-state index in [0.29, 0.717) is 12.1 Å². The molecule has 0 radical (unpaired) electrons. The molecule has 1 aliphatic rings. The van der Waals surface area contributed by atoms with Crippen LogP contribution in [0.5, 0.6) is 5.75 Å². The van der Waals surface area contributed by atoms with Crippen molar-refractivity contribution in [3.8, 4) is 5.75 Å². The summed E-state index contributed by atoms with van der Waals surface area (Å²) in [5.41, 5.74) is 1.31. The number of aromatic hydroxyl groups is 1. The van der Waals surface area contributed by atoms with Crippen molar-refractivity contribution in [1.82, 2.24) is 5.32 Å². The lowest BCUT2D eigenvalue weighted by atomic mass is 9.89. The molecule has 2 aromatic rings. The second-order valence-corrected chi connectivity index (χ2v) is 5.24. The summed E-state index contributed by atoms with van der Waals surface area (Å²) in [6, 6.07) is 12.4. The van der Waals surface area contributed by atoms with Gasteiger partial charge in [0, 0.05) is 24.3 Å². The summed E-state index contributed by atoms with van der Waals surface area (Å²) >= 11 is 0. The number of carbonyl (C=O) groups excluding carboxylic acids is 2. The number of rotatable bonds is 2. The summed E-state index contributed by atoms with van der Waals surface area (Å²) in [4.78, 5) is 26.3. The molecule has 3 rings (SSSR count). The number of Topliss-reactive ketones (excluding diaryl/α,β-unsaturated/α-hetero) is 1. The number of amides is 1. The maximum absolute atomic E-state index is 11.7. The van der Waals surface area contributed by atoms with E-state index in [1.54, 1.807) is 24.3 Å². The Morgan fingerprint density at radius 2 is 1.75 bits per heavy atom. The molecule has 0 aliphatic carbocycles. The van der Waals surface area contributed by atoms with E-state index in [1.807, 2.05) is 30.6 Å². The van der Waals surface area contributed by atoms with Crippen LogP contribution in [0.4, 0.5) is 0 Å². The summed E-state index contributed by atoms with van der Waals surface area (Å²) in [7, 11) is 0. The maximum atomic E-state index is 11.7. The van der Waals surface area contributed by atoms with Crippen LogP contribution in [0.3, 0.4) is 0 Å². The van der Waals surface area contributed by atoms with Crippen molar-refractivity contribution < 1.29 is 19.7 Å². The fourth-order valence-corrected chi connectivity index (χ4v) is 2.20. The summed E-state index contributed by atoms with van der Waals surface area (Å²) in [5, 5.41) is 11.7. The number of H-pyrrole nitrogens is 1. The van der Waals surface area contributed by atoms with Crippen molar-refractivity contribution in [2.75, 3.05) is 0 Å². The van der Waals surface area contributed by atoms with Gasteiger partial charge in [-0.3, -0.25) is 9.59 Å². The molecule has 0 saturated carbocycles. The zero-order chi connectivity index (χ0) is 16.7. The number of phenolic OH excluding ortho intramolecular Hbond substituents is 1. The van der Waals surface area contributed by atoms with Crippen LogP contribution in [-0.4, -0.2) is 16.8 Å². The molecule has 2 heterocycles. The van der Waals surface area contributed by atoms with E-state index in [9.17, 15) is 9.59 Å². The second-order valence-electron chi connectivity index (χ2n) is 5.24. The van der Waals surface area contributed by atoms with E-state index in [0.717, 1.165) is 5.56 Å². The van der Waals surface area contributed by atoms with Crippen LogP contribution in [-0.2, 0) is 16.0 Å². The standard InChI is InChI=1S/C13H13NO3.C5H5N.CH4/c1-8-6-12(16)11(13(17)14-8)7-9-2-4-10(15)5-3-9;1-2-4-6-5-3-1;/h2-5,11,15H,1,6-7H2,(H,14,17);1-5H;1H4/p+1. The Balaban J connectivity index is 0.000000349. The molecule has 1 aliphatic heterocycles. The predicted molar refractivity (Wildman–Crippen MR) is 91.9 cm³/mol. The Kier molecular flexibility index (Phi) is 7.36. The third-order valence-corrected chi connectivity index (χ3v) is 3.38. The third kappa shape index (κ3) is 5.68. The van der Waals surface area contributed by atoms with Crippen LogP contribution in [0.2, 0.25) is 0 Å². The van der Waals surface area contributed by atoms with Crippen LogP contribution in [0.25, 0.3) is 0 Å². The summed E-state index contributed by atoms with van der Waals surface area (Å²) < 4.78 is 0. The molecule has 1 aromatic heterocycles. The van der Waals surface area contributed by atoms with Crippen molar-refractivity contribution in [1.29, 1.82) is 0 Å². The molecule has 1 unspecified atom stereocenters. The molecule has 1 aromatic carbocycles. The van der Waals surface area contributed by atoms with E-state index in [4.69, 9.17) is 5.11 Å². The fourth-order valence-electron chi connectivity index (χ4n) is 2.20. The number of phenols is 1. The smallest absolute Gasteiger partial charge is 0.235 e. The highest BCUT2D eigenvalue weighted by Gasteiger charge is 2.31. The van der Waals surface area contributed by atoms with Gasteiger partial charge in [0.2, 0.25) is 5.91 Å². The molecule has 1 fully saturated rings. The average molecular weight is 327 g/mol. The lowest BCUT2D eigenvalue weighted by Gasteiger charge is -2.22. The van der Waals surface area contributed by atoms with Crippen molar-refractivity contribution in [2.24, 2.45) is 5.92 Å². The minimum atomic E-state index is -0.648. The van der Waals surface area contributed by atoms with E-state index < -0.39 is 5.92 Å². The average Bonchev–Trinajstić information content (AvgIpc) is 2.55. The Morgan fingerprint density at radius 1 is 1.12 bits per heavy atom. The topological polar surface area (TPSA) is 80.5 Å². The first-order chi connectivity index (χ1) is 11.1. The molecule has 24 heavy (non-hydrogen) atoms. The molecular formula is C19H23N2O3+. The quantitative estimate of drug-likeness (QED) is 0.831. The van der Waals surface area contributed by atoms with Crippen LogP contribution < -0.4 is 10.3 Å². The van der Waals surface area contributed by atoms with Crippen molar-refractivity contribution in [3.05, 3.63) is 72.7 Å². The van der Waals surface area contributed by atoms with E-state index in [1.165, 1.54) is 0 Å². The number of benzene rings is 1. The third-order valence-electron chi connectivity index (χ3n) is 3.38. The van der Waals surface area contributed by atoms with Crippen molar-refractivity contribution in [3.63, 3.8) is 0 Å². The van der Waals surface area contributed by atoms with Gasteiger partial charge in [-0.15, -0.1) is 0 Å². The molecule has 1 saturated heterocycles.